The van der Waals surface area contributed by atoms with E-state index in [0.29, 0.717) is 21.7 Å². The molecule has 1 aliphatic heterocycles. The van der Waals surface area contributed by atoms with Crippen molar-refractivity contribution in [3.8, 4) is 6.07 Å². The molecule has 1 saturated heterocycles. The number of likely N-dealkylation sites (tertiary alicyclic amines) is 1. The molecule has 230 valence electrons. The summed E-state index contributed by atoms with van der Waals surface area (Å²) in [6.45, 7) is 9.76. The lowest BCUT2D eigenvalue weighted by Crippen LogP contribution is -2.39. The van der Waals surface area contributed by atoms with Gasteiger partial charge in [0.15, 0.2) is 0 Å². The number of rotatable bonds is 9. The molecule has 4 aromatic rings. The summed E-state index contributed by atoms with van der Waals surface area (Å²) in [5.74, 6) is 0.609. The van der Waals surface area contributed by atoms with Crippen molar-refractivity contribution in [2.45, 2.75) is 78.2 Å². The van der Waals surface area contributed by atoms with Gasteiger partial charge in [0.05, 0.1) is 11.8 Å². The number of aryl methyl sites for hydroxylation is 1. The number of allylic oxidation sites excluding steroid dienone is 4. The van der Waals surface area contributed by atoms with Gasteiger partial charge in [-0.15, -0.1) is 11.3 Å². The Morgan fingerprint density at radius 2 is 1.93 bits per heavy atom. The Morgan fingerprint density at radius 1 is 1.16 bits per heavy atom. The first-order chi connectivity index (χ1) is 21.1. The quantitative estimate of drug-likeness (QED) is 0.191. The van der Waals surface area contributed by atoms with Gasteiger partial charge in [-0.2, -0.15) is 18.4 Å². The van der Waals surface area contributed by atoms with E-state index in [1.54, 1.807) is 6.07 Å². The summed E-state index contributed by atoms with van der Waals surface area (Å²) in [4.78, 5) is 11.8. The molecule has 0 atom stereocenters. The van der Waals surface area contributed by atoms with Gasteiger partial charge in [0.1, 0.15) is 28.7 Å². The summed E-state index contributed by atoms with van der Waals surface area (Å²) in [5, 5.41) is 15.3. The summed E-state index contributed by atoms with van der Waals surface area (Å²) in [6.07, 6.45) is 6.81. The molecular formula is C34H37F3N6S. The van der Waals surface area contributed by atoms with Crippen LogP contribution >= 0.6 is 11.3 Å². The second kappa shape index (κ2) is 12.0. The van der Waals surface area contributed by atoms with E-state index in [1.165, 1.54) is 23.0 Å². The zero-order chi connectivity index (χ0) is 31.1. The Bertz CT molecular complexity index is 1780. The van der Waals surface area contributed by atoms with Crippen molar-refractivity contribution in [1.82, 2.24) is 19.4 Å². The Balaban J connectivity index is 1.13. The number of aromatic nitrogens is 3. The van der Waals surface area contributed by atoms with E-state index in [2.05, 4.69) is 88.0 Å². The summed E-state index contributed by atoms with van der Waals surface area (Å²) < 4.78 is 41.0. The van der Waals surface area contributed by atoms with E-state index in [1.807, 2.05) is 0 Å². The van der Waals surface area contributed by atoms with Crippen LogP contribution in [0.25, 0.3) is 21.1 Å². The van der Waals surface area contributed by atoms with Crippen molar-refractivity contribution in [2.24, 2.45) is 5.41 Å². The van der Waals surface area contributed by atoms with Crippen LogP contribution in [0.5, 0.6) is 0 Å². The van der Waals surface area contributed by atoms with Crippen molar-refractivity contribution in [2.75, 3.05) is 18.4 Å². The van der Waals surface area contributed by atoms with Gasteiger partial charge < -0.3 is 9.88 Å². The number of anilines is 1. The molecule has 3 aromatic heterocycles. The van der Waals surface area contributed by atoms with Gasteiger partial charge in [-0.1, -0.05) is 24.3 Å². The highest BCUT2D eigenvalue weighted by atomic mass is 32.1. The van der Waals surface area contributed by atoms with E-state index in [9.17, 15) is 18.4 Å². The van der Waals surface area contributed by atoms with Crippen molar-refractivity contribution in [3.63, 3.8) is 0 Å². The highest BCUT2D eigenvalue weighted by Crippen LogP contribution is 2.54. The summed E-state index contributed by atoms with van der Waals surface area (Å²) >= 11 is 1.07. The van der Waals surface area contributed by atoms with Gasteiger partial charge in [-0.3, -0.25) is 4.90 Å². The number of hydrogen-bond acceptors (Lipinski definition) is 6. The lowest BCUT2D eigenvalue weighted by molar-refractivity contribution is -0.126. The summed E-state index contributed by atoms with van der Waals surface area (Å²) in [6, 6.07) is 10.7. The molecule has 1 aromatic carbocycles. The predicted octanol–water partition coefficient (Wildman–Crippen LogP) is 8.31. The van der Waals surface area contributed by atoms with E-state index < -0.39 is 12.6 Å². The molecule has 1 aliphatic carbocycles. The Kier molecular flexibility index (Phi) is 8.29. The standard InChI is InChI=1S/C34H37F3N6S/c1-4-6-24(5-2)33(11-12-33)20-43-26(18-38)15-28-22(3)23(7-8-30(28)43)19-42-13-9-25(10-14-42)41-31-29-16-27(17-34(35,36)37)44-32(29)40-21-39-31/h4-8,15-16,21,25H,9-14,17,19-20H2,1-3H3,(H,39,40,41)/b6-4-,24-5+. The summed E-state index contributed by atoms with van der Waals surface area (Å²) in [5.41, 5.74) is 5.78. The van der Waals surface area contributed by atoms with Crippen LogP contribution in [0.3, 0.4) is 0 Å². The van der Waals surface area contributed by atoms with Crippen LogP contribution in [0, 0.1) is 23.7 Å². The minimum atomic E-state index is -4.25. The van der Waals surface area contributed by atoms with Gasteiger partial charge in [-0.25, -0.2) is 9.97 Å². The van der Waals surface area contributed by atoms with Crippen LogP contribution in [-0.4, -0.2) is 44.7 Å². The lowest BCUT2D eigenvalue weighted by atomic mass is 9.94. The maximum absolute atomic E-state index is 12.9. The van der Waals surface area contributed by atoms with Crippen molar-refractivity contribution in [1.29, 1.82) is 5.26 Å². The third-order valence-corrected chi connectivity index (χ3v) is 10.3. The number of nitriles is 1. The zero-order valence-electron chi connectivity index (χ0n) is 25.3. The van der Waals surface area contributed by atoms with Crippen LogP contribution in [0.4, 0.5) is 19.0 Å². The minimum absolute atomic E-state index is 0.107. The number of alkyl halides is 3. The molecule has 0 amide bonds. The van der Waals surface area contributed by atoms with Crippen molar-refractivity contribution < 1.29 is 13.2 Å². The van der Waals surface area contributed by atoms with Gasteiger partial charge in [0.25, 0.3) is 0 Å². The van der Waals surface area contributed by atoms with Crippen LogP contribution in [-0.2, 0) is 19.5 Å². The Morgan fingerprint density at radius 3 is 2.59 bits per heavy atom. The van der Waals surface area contributed by atoms with Crippen LogP contribution in [0.2, 0.25) is 0 Å². The third-order valence-electron chi connectivity index (χ3n) is 9.24. The first kappa shape index (κ1) is 30.4. The summed E-state index contributed by atoms with van der Waals surface area (Å²) in [7, 11) is 0. The highest BCUT2D eigenvalue weighted by molar-refractivity contribution is 7.18. The zero-order valence-corrected chi connectivity index (χ0v) is 26.2. The largest absolute Gasteiger partial charge is 0.393 e. The molecule has 0 radical (unpaired) electrons. The van der Waals surface area contributed by atoms with Gasteiger partial charge >= 0.3 is 6.18 Å². The molecule has 1 saturated carbocycles. The normalized spacial score (nSPS) is 18.0. The fourth-order valence-electron chi connectivity index (χ4n) is 6.68. The number of piperidine rings is 1. The molecule has 6 rings (SSSR count). The molecule has 0 spiro atoms. The number of nitrogens with one attached hydrogen (secondary N) is 1. The average Bonchev–Trinajstić information content (AvgIpc) is 3.51. The number of benzene rings is 1. The number of hydrogen-bond donors (Lipinski definition) is 1. The van der Waals surface area contributed by atoms with Crippen LogP contribution < -0.4 is 5.32 Å². The molecule has 1 N–H and O–H groups in total. The molecule has 0 bridgehead atoms. The first-order valence-electron chi connectivity index (χ1n) is 15.2. The van der Waals surface area contributed by atoms with E-state index in [-0.39, 0.29) is 16.3 Å². The van der Waals surface area contributed by atoms with E-state index in [0.717, 1.165) is 74.1 Å². The molecule has 44 heavy (non-hydrogen) atoms. The SMILES string of the molecule is C/C=C\C(=C/C)C1(Cn2c(C#N)cc3c(C)c(CN4CCC(Nc5ncnc6sc(CC(F)(F)F)cc56)CC4)ccc32)CC1. The maximum atomic E-state index is 12.9. The van der Waals surface area contributed by atoms with Crippen molar-refractivity contribution >= 4 is 38.3 Å². The van der Waals surface area contributed by atoms with E-state index in [4.69, 9.17) is 0 Å². The number of nitrogens with zero attached hydrogens (tertiary/aromatic N) is 5. The third kappa shape index (κ3) is 6.13. The maximum Gasteiger partial charge on any atom is 0.393 e. The monoisotopic (exact) mass is 618 g/mol. The number of halogens is 3. The van der Waals surface area contributed by atoms with E-state index >= 15 is 0 Å². The van der Waals surface area contributed by atoms with Crippen LogP contribution in [0.1, 0.15) is 61.2 Å². The molecule has 2 aliphatic rings. The number of fused-ring (bicyclic) bond motifs is 2. The number of thiophene rings is 1. The fraction of sp³-hybridized carbons (Fsp3) is 0.441. The smallest absolute Gasteiger partial charge is 0.367 e. The van der Waals surface area contributed by atoms with Gasteiger partial charge in [0.2, 0.25) is 0 Å². The topological polar surface area (TPSA) is 69.8 Å². The Labute approximate surface area is 259 Å². The fourth-order valence-corrected chi connectivity index (χ4v) is 7.71. The highest BCUT2D eigenvalue weighted by Gasteiger charge is 2.45. The average molecular weight is 619 g/mol. The minimum Gasteiger partial charge on any atom is -0.367 e. The predicted molar refractivity (Wildman–Crippen MR) is 171 cm³/mol. The van der Waals surface area contributed by atoms with Crippen molar-refractivity contribution in [3.05, 3.63) is 76.1 Å². The Hall–Kier alpha value is -3.68. The van der Waals surface area contributed by atoms with Gasteiger partial charge in [0, 0.05) is 53.4 Å². The molecule has 6 nitrogen and oxygen atoms in total. The van der Waals surface area contributed by atoms with Crippen LogP contribution in [0.15, 0.2) is 54.4 Å². The molecule has 0 unspecified atom stereocenters. The molecule has 10 heteroatoms. The second-order valence-electron chi connectivity index (χ2n) is 12.2. The first-order valence-corrected chi connectivity index (χ1v) is 16.0. The molecule has 4 heterocycles. The second-order valence-corrected chi connectivity index (χ2v) is 13.3. The van der Waals surface area contributed by atoms with Gasteiger partial charge in [-0.05, 0) is 81.4 Å². The molecule has 2 fully saturated rings. The molecular weight excluding hydrogens is 581 g/mol. The lowest BCUT2D eigenvalue weighted by Gasteiger charge is -2.33.